The zero-order valence-corrected chi connectivity index (χ0v) is 56.3. The van der Waals surface area contributed by atoms with Gasteiger partial charge in [0.25, 0.3) is 24.1 Å². The highest BCUT2D eigenvalue weighted by atomic mass is 32.1. The van der Waals surface area contributed by atoms with Crippen LogP contribution in [0.2, 0.25) is 0 Å². The number of aliphatic hydroxyl groups excluding tert-OH is 1. The molecule has 9 amide bonds. The number of carbonyl (C=O) groups excluding carboxylic acids is 10. The first-order valence-corrected chi connectivity index (χ1v) is 34.4. The summed E-state index contributed by atoms with van der Waals surface area (Å²) >= 11 is 0.803. The van der Waals surface area contributed by atoms with E-state index in [1.807, 2.05) is 24.3 Å². The van der Waals surface area contributed by atoms with Gasteiger partial charge in [-0.15, -0.1) is 11.3 Å². The Morgan fingerprint density at radius 3 is 2.21 bits per heavy atom. The van der Waals surface area contributed by atoms with Crippen molar-refractivity contribution in [1.82, 2.24) is 45.8 Å². The van der Waals surface area contributed by atoms with E-state index >= 15 is 8.78 Å². The lowest BCUT2D eigenvalue weighted by atomic mass is 9.86. The summed E-state index contributed by atoms with van der Waals surface area (Å²) in [4.78, 5) is 152. The predicted molar refractivity (Wildman–Crippen MR) is 346 cm³/mol. The maximum absolute atomic E-state index is 15.7. The quantitative estimate of drug-likeness (QED) is 0.0150. The number of amides is 9. The second-order valence-corrected chi connectivity index (χ2v) is 30.0. The van der Waals surface area contributed by atoms with Crippen LogP contribution in [0, 0.1) is 5.41 Å². The number of esters is 1. The highest BCUT2D eigenvalue weighted by Gasteiger charge is 2.54. The molecule has 26 nitrogen and oxygen atoms in total. The number of piperidine rings is 1. The summed E-state index contributed by atoms with van der Waals surface area (Å²) in [6, 6.07) is 9.32. The van der Waals surface area contributed by atoms with Crippen molar-refractivity contribution in [3.63, 3.8) is 0 Å². The van der Waals surface area contributed by atoms with Crippen molar-refractivity contribution in [3.05, 3.63) is 99.4 Å². The smallest absolute Gasteiger partial charge is 0.404 e. The molecule has 0 radical (unpaired) electrons. The average Bonchev–Trinajstić information content (AvgIpc) is 1.61. The maximum atomic E-state index is 15.7. The van der Waals surface area contributed by atoms with Gasteiger partial charge in [-0.2, -0.15) is 8.78 Å². The Balaban J connectivity index is 0.873. The number of imide groups is 2. The number of primary amides is 1. The number of rotatable bonds is 25. The van der Waals surface area contributed by atoms with Crippen LogP contribution in [-0.4, -0.2) is 208 Å². The van der Waals surface area contributed by atoms with Crippen LogP contribution in [0.3, 0.4) is 0 Å². The number of nitrogens with one attached hydrogen (secondary N) is 5. The second-order valence-electron chi connectivity index (χ2n) is 27.0. The number of halogens is 4. The third kappa shape index (κ3) is 17.2. The van der Waals surface area contributed by atoms with Crippen LogP contribution in [0.1, 0.15) is 134 Å². The molecule has 0 spiro atoms. The SMILES string of the molecule is CC(C)(C)C(=O)OCOP(=O)(O)C(F)(F)c1ccc2sc(C(=O)N[C@H]3CN(CC(F)F)CC[C@H]4CC[C@@H](C(=O)N[C@@H](CCC(N)=O)C(=O)N[C@@H](Cc5ccc(C(C)(C)C)cc5)C(O)N5CCN(CCNc6cccc7c6C(=O)N(C6CCC(=O)NC6=O)C7=O)CC5)N4C3=O)cc2c1. The Hall–Kier alpha value is -7.77. The van der Waals surface area contributed by atoms with Crippen molar-refractivity contribution in [2.45, 2.75) is 153 Å². The van der Waals surface area contributed by atoms with Crippen LogP contribution in [0.4, 0.5) is 23.2 Å². The average molecular weight is 1400 g/mol. The van der Waals surface area contributed by atoms with Gasteiger partial charge in [0.05, 0.1) is 34.0 Å². The Bertz CT molecular complexity index is 3730. The molecule has 3 unspecified atom stereocenters. The third-order valence-corrected chi connectivity index (χ3v) is 20.6. The summed E-state index contributed by atoms with van der Waals surface area (Å²) in [5.74, 6) is -7.53. The number of nitrogens with two attached hydrogens (primary N) is 1. The zero-order valence-electron chi connectivity index (χ0n) is 54.6. The third-order valence-electron chi connectivity index (χ3n) is 18.0. The van der Waals surface area contributed by atoms with Gasteiger partial charge in [-0.1, -0.05) is 57.2 Å². The van der Waals surface area contributed by atoms with E-state index in [2.05, 4.69) is 56.8 Å². The van der Waals surface area contributed by atoms with E-state index in [1.54, 1.807) is 17.0 Å². The minimum absolute atomic E-state index is 0.00832. The van der Waals surface area contributed by atoms with E-state index in [-0.39, 0.29) is 89.4 Å². The molecular formula is C65H82F4N11O15PS. The lowest BCUT2D eigenvalue weighted by Crippen LogP contribution is -2.62. The molecule has 1 aromatic heterocycles. The molecule has 32 heteroatoms. The summed E-state index contributed by atoms with van der Waals surface area (Å²) in [7, 11) is -5.85. The Labute approximate surface area is 561 Å². The number of hydrogen-bond acceptors (Lipinski definition) is 19. The maximum Gasteiger partial charge on any atom is 0.404 e. The monoisotopic (exact) mass is 1400 g/mol. The second kappa shape index (κ2) is 30.1. The van der Waals surface area contributed by atoms with Gasteiger partial charge >= 0.3 is 19.2 Å². The van der Waals surface area contributed by atoms with E-state index in [9.17, 15) is 71.3 Å². The summed E-state index contributed by atoms with van der Waals surface area (Å²) < 4.78 is 81.8. The summed E-state index contributed by atoms with van der Waals surface area (Å²) in [6.07, 6.45) is -4.37. The molecule has 8 atom stereocenters. The number of fused-ring (bicyclic) bond motifs is 3. The normalized spacial score (nSPS) is 21.6. The number of carbonyl (C=O) groups is 10. The molecule has 0 bridgehead atoms. The van der Waals surface area contributed by atoms with E-state index in [1.165, 1.54) is 48.8 Å². The summed E-state index contributed by atoms with van der Waals surface area (Å²) in [6.45, 7) is 10.5. The Morgan fingerprint density at radius 2 is 1.55 bits per heavy atom. The number of benzene rings is 3. The van der Waals surface area contributed by atoms with Crippen LogP contribution >= 0.6 is 18.9 Å². The largest absolute Gasteiger partial charge is 0.438 e. The zero-order chi connectivity index (χ0) is 70.6. The molecule has 6 heterocycles. The summed E-state index contributed by atoms with van der Waals surface area (Å²) in [5.41, 5.74) is 1.23. The number of hydrogen-bond donors (Lipinski definition) is 8. The molecule has 0 saturated carbocycles. The van der Waals surface area contributed by atoms with Gasteiger partial charge in [-0.05, 0) is 112 Å². The fraction of sp³-hybridized carbons (Fsp3) is 0.538. The van der Waals surface area contributed by atoms with Gasteiger partial charge in [0, 0.05) is 87.2 Å². The fourth-order valence-electron chi connectivity index (χ4n) is 12.6. The van der Waals surface area contributed by atoms with Crippen LogP contribution in [0.15, 0.2) is 66.7 Å². The molecule has 9 N–H and O–H groups in total. The number of aliphatic hydroxyl groups is 1. The van der Waals surface area contributed by atoms with Gasteiger partial charge < -0.3 is 46.6 Å². The topological polar surface area (TPSA) is 349 Å². The standard InChI is InChI=1S/C65H82F4N11O15PS/c1-63(2,3)38-12-10-36(11-13-38)30-44(59(88)78-28-26-76(27-29-78)25-23-71-42-9-7-8-41-53(42)61(90)80(58(41)87)47-18-21-52(82)75-56(47)85)73-54(83)43(16-20-51(70)81)72-55(84)46-17-15-40-22-24-77(34-50(66)67)33-45(60(89)79(40)46)74-57(86)49-32-37-31-39(14-19-48(37)97-49)65(68,69)96(92,93)95-35-94-62(91)64(4,5)6/h7-14,19,31-32,40,43-47,50,59,71,88H,15-18,20-30,33-35H2,1-6H3,(H2,70,81)(H,72,84)(H,73,83)(H,74,86)(H,92,93)(H,75,82,85)/t40-,43+,44+,45+,46+,47?,59?/m1/s1. The molecule has 9 rings (SSSR count). The molecule has 5 aliphatic heterocycles. The number of anilines is 1. The van der Waals surface area contributed by atoms with Crippen molar-refractivity contribution >= 4 is 93.8 Å². The molecule has 4 saturated heterocycles. The van der Waals surface area contributed by atoms with Gasteiger partial charge in [-0.3, -0.25) is 82.0 Å². The highest BCUT2D eigenvalue weighted by Crippen LogP contribution is 2.63. The first-order valence-electron chi connectivity index (χ1n) is 32.0. The Morgan fingerprint density at radius 1 is 0.845 bits per heavy atom. The molecule has 97 heavy (non-hydrogen) atoms. The molecule has 4 aromatic rings. The molecule has 3 aromatic carbocycles. The number of ether oxygens (including phenoxy) is 1. The van der Waals surface area contributed by atoms with E-state index in [0.29, 0.717) is 45.0 Å². The van der Waals surface area contributed by atoms with Gasteiger partial charge in [0.15, 0.2) is 0 Å². The van der Waals surface area contributed by atoms with Gasteiger partial charge in [0.1, 0.15) is 30.4 Å². The minimum atomic E-state index is -5.85. The number of alkyl halides is 4. The van der Waals surface area contributed by atoms with Crippen molar-refractivity contribution < 1.29 is 89.3 Å². The van der Waals surface area contributed by atoms with E-state index < -0.39 is 152 Å². The van der Waals surface area contributed by atoms with Crippen LogP contribution < -0.4 is 32.3 Å². The molecule has 0 aliphatic carbocycles. The summed E-state index contributed by atoms with van der Waals surface area (Å²) in [5, 5.41) is 26.0. The van der Waals surface area contributed by atoms with E-state index in [4.69, 9.17) is 10.5 Å². The Kier molecular flexibility index (Phi) is 22.8. The molecular weight excluding hydrogens is 1310 g/mol. The lowest BCUT2D eigenvalue weighted by molar-refractivity contribution is -0.160. The van der Waals surface area contributed by atoms with Crippen LogP contribution in [0.5, 0.6) is 0 Å². The minimum Gasteiger partial charge on any atom is -0.438 e. The van der Waals surface area contributed by atoms with Gasteiger partial charge in [0.2, 0.25) is 42.2 Å². The fourth-order valence-corrected chi connectivity index (χ4v) is 14.4. The van der Waals surface area contributed by atoms with Crippen molar-refractivity contribution in [1.29, 1.82) is 0 Å². The number of piperazine rings is 1. The van der Waals surface area contributed by atoms with E-state index in [0.717, 1.165) is 39.5 Å². The van der Waals surface area contributed by atoms with Crippen molar-refractivity contribution in [3.8, 4) is 0 Å². The molecule has 526 valence electrons. The molecule has 5 aliphatic rings. The first-order chi connectivity index (χ1) is 45.6. The first kappa shape index (κ1) is 73.5. The highest BCUT2D eigenvalue weighted by molar-refractivity contribution is 7.53. The predicted octanol–water partition coefficient (Wildman–Crippen LogP) is 4.35. The number of thiophene rings is 1. The number of nitrogens with zero attached hydrogens (tertiary/aromatic N) is 5. The van der Waals surface area contributed by atoms with Crippen LogP contribution in [0.25, 0.3) is 10.1 Å². The van der Waals surface area contributed by atoms with Crippen LogP contribution in [-0.2, 0) is 64.9 Å². The van der Waals surface area contributed by atoms with Gasteiger partial charge in [-0.25, -0.2) is 8.78 Å². The lowest BCUT2D eigenvalue weighted by Gasteiger charge is -2.40. The molecule has 4 fully saturated rings. The van der Waals surface area contributed by atoms with Crippen molar-refractivity contribution in [2.75, 3.05) is 71.0 Å². The van der Waals surface area contributed by atoms with Crippen molar-refractivity contribution in [2.24, 2.45) is 11.1 Å².